The Morgan fingerprint density at radius 1 is 1.33 bits per heavy atom. The van der Waals surface area contributed by atoms with E-state index < -0.39 is 10.8 Å². The standard InChI is InChI=1S/C16H13N5O5S/c1-26-13-6-10(21(24)25)4-9(14(13)22)7-17-20-15(23)8-2-3-11-12(5-8)19-16(27)18-11/h2-7,22H,1H3,(H,20,23)(H2,18,19,27)/b17-7-. The number of ether oxygens (including phenoxy) is 1. The monoisotopic (exact) mass is 387 g/mol. The molecule has 0 radical (unpaired) electrons. The normalized spacial score (nSPS) is 11.0. The van der Waals surface area contributed by atoms with Crippen LogP contribution in [0, 0.1) is 14.9 Å². The summed E-state index contributed by atoms with van der Waals surface area (Å²) in [5, 5.41) is 24.7. The Bertz CT molecular complexity index is 1130. The number of benzene rings is 2. The summed E-state index contributed by atoms with van der Waals surface area (Å²) >= 11 is 4.99. The fourth-order valence-corrected chi connectivity index (χ4v) is 2.59. The molecule has 3 aromatic rings. The molecule has 0 aliphatic rings. The van der Waals surface area contributed by atoms with E-state index in [0.717, 1.165) is 23.9 Å². The summed E-state index contributed by atoms with van der Waals surface area (Å²) in [4.78, 5) is 28.3. The fourth-order valence-electron chi connectivity index (χ4n) is 2.37. The smallest absolute Gasteiger partial charge is 0.274 e. The molecular weight excluding hydrogens is 374 g/mol. The predicted molar refractivity (Wildman–Crippen MR) is 99.9 cm³/mol. The van der Waals surface area contributed by atoms with Gasteiger partial charge < -0.3 is 19.8 Å². The highest BCUT2D eigenvalue weighted by atomic mass is 32.1. The van der Waals surface area contributed by atoms with E-state index in [1.54, 1.807) is 18.2 Å². The number of rotatable bonds is 5. The van der Waals surface area contributed by atoms with Gasteiger partial charge >= 0.3 is 0 Å². The zero-order valence-corrected chi connectivity index (χ0v) is 14.7. The first-order valence-electron chi connectivity index (χ1n) is 7.50. The highest BCUT2D eigenvalue weighted by Crippen LogP contribution is 2.33. The Morgan fingerprint density at radius 2 is 2.07 bits per heavy atom. The minimum Gasteiger partial charge on any atom is -0.504 e. The summed E-state index contributed by atoms with van der Waals surface area (Å²) in [5.74, 6) is -0.918. The predicted octanol–water partition coefficient (Wildman–Crippen LogP) is 2.61. The number of carbonyl (C=O) groups is 1. The summed E-state index contributed by atoms with van der Waals surface area (Å²) in [6.07, 6.45) is 1.09. The third-order valence-corrected chi connectivity index (χ3v) is 3.87. The maximum absolute atomic E-state index is 12.2. The van der Waals surface area contributed by atoms with Crippen LogP contribution in [0.5, 0.6) is 11.5 Å². The number of H-pyrrole nitrogens is 2. The summed E-state index contributed by atoms with van der Waals surface area (Å²) < 4.78 is 5.34. The van der Waals surface area contributed by atoms with Crippen molar-refractivity contribution < 1.29 is 19.6 Å². The van der Waals surface area contributed by atoms with Crippen LogP contribution in [-0.2, 0) is 0 Å². The van der Waals surface area contributed by atoms with Gasteiger partial charge in [0.05, 0.1) is 35.3 Å². The number of carbonyl (C=O) groups excluding carboxylic acids is 1. The second-order valence-electron chi connectivity index (χ2n) is 5.38. The van der Waals surface area contributed by atoms with Gasteiger partial charge in [-0.2, -0.15) is 5.10 Å². The number of hydrazone groups is 1. The van der Waals surface area contributed by atoms with Crippen LogP contribution >= 0.6 is 12.2 Å². The Balaban J connectivity index is 1.81. The van der Waals surface area contributed by atoms with Crippen molar-refractivity contribution in [2.75, 3.05) is 7.11 Å². The van der Waals surface area contributed by atoms with Gasteiger partial charge in [0.1, 0.15) is 0 Å². The molecule has 4 N–H and O–H groups in total. The number of aromatic nitrogens is 2. The molecule has 3 rings (SSSR count). The zero-order chi connectivity index (χ0) is 19.6. The van der Waals surface area contributed by atoms with Crippen LogP contribution in [0.3, 0.4) is 0 Å². The van der Waals surface area contributed by atoms with E-state index in [9.17, 15) is 20.0 Å². The summed E-state index contributed by atoms with van der Waals surface area (Å²) in [5.41, 5.74) is 3.77. The minimum atomic E-state index is -0.631. The van der Waals surface area contributed by atoms with Gasteiger partial charge in [0.2, 0.25) is 0 Å². The molecule has 11 heteroatoms. The van der Waals surface area contributed by atoms with Crippen molar-refractivity contribution in [1.82, 2.24) is 15.4 Å². The number of non-ortho nitro benzene ring substituents is 1. The summed E-state index contributed by atoms with van der Waals surface area (Å²) in [7, 11) is 1.27. The average molecular weight is 387 g/mol. The molecule has 0 unspecified atom stereocenters. The van der Waals surface area contributed by atoms with Gasteiger partial charge in [0.25, 0.3) is 11.6 Å². The Labute approximate surface area is 156 Å². The van der Waals surface area contributed by atoms with Crippen LogP contribution < -0.4 is 10.2 Å². The molecule has 1 heterocycles. The van der Waals surface area contributed by atoms with E-state index >= 15 is 0 Å². The molecule has 2 aromatic carbocycles. The molecule has 1 amide bonds. The van der Waals surface area contributed by atoms with Gasteiger partial charge in [0, 0.05) is 17.2 Å². The SMILES string of the molecule is COc1cc([N+](=O)[O-])cc(/C=N\NC(=O)c2ccc3[nH]c(=S)[nH]c3c2)c1O. The lowest BCUT2D eigenvalue weighted by molar-refractivity contribution is -0.385. The topological polar surface area (TPSA) is 146 Å². The highest BCUT2D eigenvalue weighted by Gasteiger charge is 2.16. The van der Waals surface area contributed by atoms with E-state index in [0.29, 0.717) is 15.9 Å². The third-order valence-electron chi connectivity index (χ3n) is 3.67. The maximum atomic E-state index is 12.2. The van der Waals surface area contributed by atoms with Gasteiger partial charge in [-0.05, 0) is 30.4 Å². The van der Waals surface area contributed by atoms with E-state index in [-0.39, 0.29) is 22.7 Å². The molecule has 0 atom stereocenters. The van der Waals surface area contributed by atoms with Crippen LogP contribution in [0.25, 0.3) is 11.0 Å². The van der Waals surface area contributed by atoms with Gasteiger partial charge in [-0.15, -0.1) is 0 Å². The van der Waals surface area contributed by atoms with Gasteiger partial charge in [-0.1, -0.05) is 0 Å². The van der Waals surface area contributed by atoms with E-state index in [1.807, 2.05) is 0 Å². The van der Waals surface area contributed by atoms with Crippen molar-refractivity contribution in [2.45, 2.75) is 0 Å². The van der Waals surface area contributed by atoms with Crippen molar-refractivity contribution in [1.29, 1.82) is 0 Å². The van der Waals surface area contributed by atoms with Crippen molar-refractivity contribution in [3.8, 4) is 11.5 Å². The molecule has 0 spiro atoms. The van der Waals surface area contributed by atoms with Crippen molar-refractivity contribution in [2.24, 2.45) is 5.10 Å². The number of nitro benzene ring substituents is 1. The van der Waals surface area contributed by atoms with E-state index in [1.165, 1.54) is 7.11 Å². The Morgan fingerprint density at radius 3 is 2.78 bits per heavy atom. The third kappa shape index (κ3) is 3.77. The molecular formula is C16H13N5O5S. The first kappa shape index (κ1) is 18.1. The lowest BCUT2D eigenvalue weighted by atomic mass is 10.1. The molecule has 27 heavy (non-hydrogen) atoms. The molecule has 0 bridgehead atoms. The molecule has 1 aromatic heterocycles. The number of nitrogens with zero attached hydrogens (tertiary/aromatic N) is 2. The van der Waals surface area contributed by atoms with Crippen molar-refractivity contribution in [3.63, 3.8) is 0 Å². The first-order chi connectivity index (χ1) is 12.9. The number of aromatic hydroxyl groups is 1. The minimum absolute atomic E-state index is 0.0199. The number of nitro groups is 1. The Kier molecular flexibility index (Phi) is 4.86. The number of methoxy groups -OCH3 is 1. The number of hydrogen-bond donors (Lipinski definition) is 4. The lowest BCUT2D eigenvalue weighted by Crippen LogP contribution is -2.17. The number of fused-ring (bicyclic) bond motifs is 1. The maximum Gasteiger partial charge on any atom is 0.274 e. The number of phenols is 1. The number of aromatic amines is 2. The first-order valence-corrected chi connectivity index (χ1v) is 7.90. The fraction of sp³-hybridized carbons (Fsp3) is 0.0625. The second-order valence-corrected chi connectivity index (χ2v) is 5.79. The molecule has 0 fully saturated rings. The summed E-state index contributed by atoms with van der Waals surface area (Å²) in [6.45, 7) is 0. The van der Waals surface area contributed by atoms with E-state index in [4.69, 9.17) is 17.0 Å². The molecule has 10 nitrogen and oxygen atoms in total. The van der Waals surface area contributed by atoms with Crippen LogP contribution in [0.1, 0.15) is 15.9 Å². The van der Waals surface area contributed by atoms with Crippen LogP contribution in [0.15, 0.2) is 35.4 Å². The number of hydrogen-bond acceptors (Lipinski definition) is 7. The number of amides is 1. The highest BCUT2D eigenvalue weighted by molar-refractivity contribution is 7.71. The van der Waals surface area contributed by atoms with Gasteiger partial charge in [0.15, 0.2) is 16.3 Å². The number of phenolic OH excluding ortho intramolecular Hbond substituents is 1. The van der Waals surface area contributed by atoms with Crippen molar-refractivity contribution in [3.05, 3.63) is 56.3 Å². The molecule has 0 saturated carbocycles. The number of imidazole rings is 1. The number of nitrogens with one attached hydrogen (secondary N) is 3. The van der Waals surface area contributed by atoms with E-state index in [2.05, 4.69) is 20.5 Å². The largest absolute Gasteiger partial charge is 0.504 e. The van der Waals surface area contributed by atoms with Gasteiger partial charge in [-0.3, -0.25) is 14.9 Å². The lowest BCUT2D eigenvalue weighted by Gasteiger charge is -2.06. The molecule has 0 saturated heterocycles. The quantitative estimate of drug-likeness (QED) is 0.229. The van der Waals surface area contributed by atoms with Crippen LogP contribution in [0.4, 0.5) is 5.69 Å². The van der Waals surface area contributed by atoms with Crippen LogP contribution in [0.2, 0.25) is 0 Å². The molecule has 138 valence electrons. The van der Waals surface area contributed by atoms with Crippen molar-refractivity contribution >= 4 is 41.1 Å². The second kappa shape index (κ2) is 7.25. The molecule has 0 aliphatic carbocycles. The Hall–Kier alpha value is -3.73. The van der Waals surface area contributed by atoms with Gasteiger partial charge in [-0.25, -0.2) is 5.43 Å². The van der Waals surface area contributed by atoms with Crippen LogP contribution in [-0.4, -0.2) is 39.2 Å². The zero-order valence-electron chi connectivity index (χ0n) is 13.8. The average Bonchev–Trinajstić information content (AvgIpc) is 3.01. The molecule has 0 aliphatic heterocycles. The summed E-state index contributed by atoms with van der Waals surface area (Å²) in [6, 6.07) is 7.07.